The lowest BCUT2D eigenvalue weighted by Crippen LogP contribution is -2.32. The molecule has 1 heterocycles. The van der Waals surface area contributed by atoms with E-state index in [0.717, 1.165) is 31.7 Å². The number of carbonyl (C=O) groups excluding carboxylic acids is 1. The van der Waals surface area contributed by atoms with Gasteiger partial charge in [0.2, 0.25) is 5.91 Å². The molecule has 1 saturated heterocycles. The van der Waals surface area contributed by atoms with Crippen LogP contribution >= 0.6 is 0 Å². The summed E-state index contributed by atoms with van der Waals surface area (Å²) in [5.41, 5.74) is 0.584. The average Bonchev–Trinajstić information content (AvgIpc) is 3.25. The monoisotopic (exact) mass is 290 g/mol. The van der Waals surface area contributed by atoms with Gasteiger partial charge in [0.1, 0.15) is 12.0 Å². The van der Waals surface area contributed by atoms with Crippen molar-refractivity contribution in [2.24, 2.45) is 5.92 Å². The fourth-order valence-electron chi connectivity index (χ4n) is 3.10. The molecule has 3 rings (SSSR count). The topological polar surface area (TPSA) is 32.3 Å². The summed E-state index contributed by atoms with van der Waals surface area (Å²) in [5, 5.41) is 3.33. The molecule has 0 bridgehead atoms. The Morgan fingerprint density at radius 1 is 1.29 bits per heavy atom. The zero-order chi connectivity index (χ0) is 14.8. The fraction of sp³-hybridized carbons (Fsp3) is 0.588. The van der Waals surface area contributed by atoms with Crippen LogP contribution in [0, 0.1) is 11.7 Å². The second-order valence-corrected chi connectivity index (χ2v) is 6.20. The van der Waals surface area contributed by atoms with Gasteiger partial charge in [0.25, 0.3) is 0 Å². The maximum atomic E-state index is 14.1. The zero-order valence-corrected chi connectivity index (χ0v) is 12.5. The summed E-state index contributed by atoms with van der Waals surface area (Å²) in [6.07, 6.45) is 5.04. The number of nitrogens with zero attached hydrogens (tertiary/aromatic N) is 1. The van der Waals surface area contributed by atoms with Crippen molar-refractivity contribution < 1.29 is 9.18 Å². The highest BCUT2D eigenvalue weighted by Gasteiger charge is 2.40. The van der Waals surface area contributed by atoms with Crippen molar-refractivity contribution in [1.82, 2.24) is 10.2 Å². The van der Waals surface area contributed by atoms with E-state index in [0.29, 0.717) is 5.56 Å². The van der Waals surface area contributed by atoms with Gasteiger partial charge in [-0.25, -0.2) is 4.39 Å². The highest BCUT2D eigenvalue weighted by molar-refractivity contribution is 5.84. The number of hydrogen-bond donors (Lipinski definition) is 1. The van der Waals surface area contributed by atoms with Crippen LogP contribution < -0.4 is 5.32 Å². The molecule has 1 N–H and O–H groups in total. The Balaban J connectivity index is 1.80. The molecule has 2 fully saturated rings. The quantitative estimate of drug-likeness (QED) is 0.872. The molecule has 0 radical (unpaired) electrons. The molecule has 3 nitrogen and oxygen atoms in total. The number of halogens is 1. The van der Waals surface area contributed by atoms with Crippen molar-refractivity contribution in [2.75, 3.05) is 6.54 Å². The normalized spacial score (nSPS) is 25.6. The summed E-state index contributed by atoms with van der Waals surface area (Å²) in [7, 11) is 0. The smallest absolute Gasteiger partial charge is 0.241 e. The molecule has 114 valence electrons. The predicted molar refractivity (Wildman–Crippen MR) is 80.0 cm³/mol. The van der Waals surface area contributed by atoms with E-state index in [9.17, 15) is 9.18 Å². The molecule has 1 saturated carbocycles. The van der Waals surface area contributed by atoms with E-state index in [2.05, 4.69) is 12.2 Å². The van der Waals surface area contributed by atoms with Crippen LogP contribution in [0.25, 0.3) is 0 Å². The molecule has 0 spiro atoms. The van der Waals surface area contributed by atoms with E-state index in [4.69, 9.17) is 0 Å². The first-order valence-electron chi connectivity index (χ1n) is 8.01. The van der Waals surface area contributed by atoms with Crippen LogP contribution in [0.5, 0.6) is 0 Å². The van der Waals surface area contributed by atoms with Crippen molar-refractivity contribution in [3.63, 3.8) is 0 Å². The van der Waals surface area contributed by atoms with Gasteiger partial charge in [-0.2, -0.15) is 0 Å². The lowest BCUT2D eigenvalue weighted by molar-refractivity contribution is -0.130. The summed E-state index contributed by atoms with van der Waals surface area (Å²) >= 11 is 0. The standard InChI is InChI=1S/C17H23FN2O/c1-2-5-15-17(21)20(11-10-12-8-9-12)16(19-15)13-6-3-4-7-14(13)18/h3-4,6-7,12,15-16,19H,2,5,8-11H2,1H3. The molecule has 2 atom stereocenters. The van der Waals surface area contributed by atoms with E-state index in [1.54, 1.807) is 12.1 Å². The van der Waals surface area contributed by atoms with E-state index >= 15 is 0 Å². The minimum absolute atomic E-state index is 0.130. The van der Waals surface area contributed by atoms with Crippen LogP contribution in [-0.2, 0) is 4.79 Å². The Morgan fingerprint density at radius 3 is 2.71 bits per heavy atom. The summed E-state index contributed by atoms with van der Waals surface area (Å²) in [6, 6.07) is 6.59. The highest BCUT2D eigenvalue weighted by atomic mass is 19.1. The zero-order valence-electron chi connectivity index (χ0n) is 12.5. The number of carbonyl (C=O) groups is 1. The van der Waals surface area contributed by atoms with Crippen molar-refractivity contribution in [3.8, 4) is 0 Å². The number of nitrogens with one attached hydrogen (secondary N) is 1. The van der Waals surface area contributed by atoms with Crippen molar-refractivity contribution >= 4 is 5.91 Å². The van der Waals surface area contributed by atoms with E-state index in [1.165, 1.54) is 18.9 Å². The third-order valence-electron chi connectivity index (χ3n) is 4.50. The average molecular weight is 290 g/mol. The highest BCUT2D eigenvalue weighted by Crippen LogP contribution is 2.35. The third kappa shape index (κ3) is 3.10. The van der Waals surface area contributed by atoms with Crippen LogP contribution in [0.3, 0.4) is 0 Å². The third-order valence-corrected chi connectivity index (χ3v) is 4.50. The predicted octanol–water partition coefficient (Wildman–Crippen LogP) is 3.22. The van der Waals surface area contributed by atoms with Crippen molar-refractivity contribution in [3.05, 3.63) is 35.6 Å². The van der Waals surface area contributed by atoms with Gasteiger partial charge >= 0.3 is 0 Å². The second-order valence-electron chi connectivity index (χ2n) is 6.20. The van der Waals surface area contributed by atoms with E-state index in [1.807, 2.05) is 11.0 Å². The molecule has 0 aromatic heterocycles. The molecule has 1 amide bonds. The molecule has 21 heavy (non-hydrogen) atoms. The Hall–Kier alpha value is -1.42. The van der Waals surface area contributed by atoms with Crippen LogP contribution in [0.15, 0.2) is 24.3 Å². The first kappa shape index (κ1) is 14.5. The molecule has 1 aliphatic heterocycles. The summed E-state index contributed by atoms with van der Waals surface area (Å²) in [6.45, 7) is 2.80. The van der Waals surface area contributed by atoms with Crippen LogP contribution in [0.2, 0.25) is 0 Å². The van der Waals surface area contributed by atoms with E-state index in [-0.39, 0.29) is 23.9 Å². The first-order chi connectivity index (χ1) is 10.2. The molecule has 1 aliphatic carbocycles. The van der Waals surface area contributed by atoms with Crippen LogP contribution in [0.4, 0.5) is 4.39 Å². The van der Waals surface area contributed by atoms with Gasteiger partial charge in [-0.15, -0.1) is 0 Å². The van der Waals surface area contributed by atoms with Gasteiger partial charge < -0.3 is 4.90 Å². The Morgan fingerprint density at radius 2 is 2.05 bits per heavy atom. The van der Waals surface area contributed by atoms with Gasteiger partial charge in [-0.1, -0.05) is 44.4 Å². The summed E-state index contributed by atoms with van der Waals surface area (Å²) in [4.78, 5) is 14.4. The van der Waals surface area contributed by atoms with Gasteiger partial charge in [-0.3, -0.25) is 10.1 Å². The Labute approximate surface area is 125 Å². The van der Waals surface area contributed by atoms with Gasteiger partial charge in [0, 0.05) is 12.1 Å². The van der Waals surface area contributed by atoms with Crippen LogP contribution in [0.1, 0.15) is 50.8 Å². The number of benzene rings is 1. The molecule has 1 aromatic rings. The Bertz CT molecular complexity index is 515. The second kappa shape index (κ2) is 6.14. The van der Waals surface area contributed by atoms with E-state index < -0.39 is 0 Å². The first-order valence-corrected chi connectivity index (χ1v) is 8.01. The molecule has 2 unspecified atom stereocenters. The molecular formula is C17H23FN2O. The van der Waals surface area contributed by atoms with Crippen molar-refractivity contribution in [1.29, 1.82) is 0 Å². The SMILES string of the molecule is CCCC1NC(c2ccccc2F)N(CCC2CC2)C1=O. The molecule has 2 aliphatic rings. The number of hydrogen-bond acceptors (Lipinski definition) is 2. The number of amides is 1. The van der Waals surface area contributed by atoms with Crippen LogP contribution in [-0.4, -0.2) is 23.4 Å². The van der Waals surface area contributed by atoms with Gasteiger partial charge in [0.05, 0.1) is 6.04 Å². The largest absolute Gasteiger partial charge is 0.321 e. The van der Waals surface area contributed by atoms with Gasteiger partial charge in [0.15, 0.2) is 0 Å². The summed E-state index contributed by atoms with van der Waals surface area (Å²) < 4.78 is 14.1. The van der Waals surface area contributed by atoms with Crippen molar-refractivity contribution in [2.45, 2.75) is 51.2 Å². The maximum Gasteiger partial charge on any atom is 0.241 e. The minimum Gasteiger partial charge on any atom is -0.321 e. The maximum absolute atomic E-state index is 14.1. The Kier molecular flexibility index (Phi) is 4.24. The molecule has 1 aromatic carbocycles. The lowest BCUT2D eigenvalue weighted by atomic mass is 10.1. The molecule has 4 heteroatoms. The lowest BCUT2D eigenvalue weighted by Gasteiger charge is -2.24. The molecular weight excluding hydrogens is 267 g/mol. The fourth-order valence-corrected chi connectivity index (χ4v) is 3.10. The van der Waals surface area contributed by atoms with Gasteiger partial charge in [-0.05, 0) is 24.8 Å². The minimum atomic E-state index is -0.311. The summed E-state index contributed by atoms with van der Waals surface area (Å²) in [5.74, 6) is 0.659. The number of rotatable bonds is 6.